The summed E-state index contributed by atoms with van der Waals surface area (Å²) in [5, 5.41) is 8.48. The van der Waals surface area contributed by atoms with E-state index in [1.807, 2.05) is 6.92 Å². The molecule has 0 fully saturated rings. The van der Waals surface area contributed by atoms with Crippen molar-refractivity contribution >= 4 is 0 Å². The van der Waals surface area contributed by atoms with Crippen molar-refractivity contribution in [1.82, 2.24) is 0 Å². The van der Waals surface area contributed by atoms with Gasteiger partial charge in [-0.25, -0.2) is 4.39 Å². The van der Waals surface area contributed by atoms with Gasteiger partial charge in [-0.15, -0.1) is 0 Å². The van der Waals surface area contributed by atoms with Gasteiger partial charge in [0.2, 0.25) is 0 Å². The van der Waals surface area contributed by atoms with Gasteiger partial charge in [-0.2, -0.15) is 0 Å². The molecule has 0 saturated carbocycles. The molecule has 0 heterocycles. The van der Waals surface area contributed by atoms with E-state index in [-0.39, 0.29) is 37.7 Å². The molecule has 0 amide bonds. The van der Waals surface area contributed by atoms with Crippen molar-refractivity contribution in [3.8, 4) is 0 Å². The third kappa shape index (κ3) is 7.15. The van der Waals surface area contributed by atoms with Gasteiger partial charge in [-0.05, 0) is 6.42 Å². The Bertz CT molecular complexity index is 43.4. The van der Waals surface area contributed by atoms with E-state index in [9.17, 15) is 4.39 Å². The summed E-state index contributed by atoms with van der Waals surface area (Å²) in [7, 11) is 0. The first kappa shape index (κ1) is 11.9. The quantitative estimate of drug-likeness (QED) is 0.632. The average molecular weight is 146 g/mol. The van der Waals surface area contributed by atoms with E-state index in [4.69, 9.17) is 5.11 Å². The fourth-order valence-electron chi connectivity index (χ4n) is 0.410. The molecular weight excluding hydrogens is 135 g/mol. The zero-order valence-corrected chi connectivity index (χ0v) is 5.58. The van der Waals surface area contributed by atoms with Gasteiger partial charge in [-0.1, -0.05) is 13.3 Å². The largest absolute Gasteiger partial charge is 0.390 e. The molecule has 0 aliphatic rings. The predicted molar refractivity (Wildman–Crippen MR) is 26.9 cm³/mol. The average Bonchev–Trinajstić information content (AvgIpc) is 1.68. The summed E-state index contributed by atoms with van der Waals surface area (Å²) >= 11 is 0. The number of aliphatic hydroxyl groups is 1. The second-order valence-corrected chi connectivity index (χ2v) is 1.60. The van der Waals surface area contributed by atoms with Crippen LogP contribution in [0, 0.1) is 37.7 Å². The number of halogens is 1. The van der Waals surface area contributed by atoms with Crippen LogP contribution in [0.5, 0.6) is 0 Å². The molecule has 1 atom stereocenters. The number of hydrogen-bond acceptors (Lipinski definition) is 1. The van der Waals surface area contributed by atoms with Crippen LogP contribution in [0.15, 0.2) is 0 Å². The molecule has 1 nitrogen and oxygen atoms in total. The van der Waals surface area contributed by atoms with Crippen molar-refractivity contribution in [1.29, 1.82) is 0 Å². The van der Waals surface area contributed by atoms with Crippen LogP contribution in [0.2, 0.25) is 0 Å². The van der Waals surface area contributed by atoms with Crippen molar-refractivity contribution in [3.05, 3.63) is 0 Å². The third-order valence-corrected chi connectivity index (χ3v) is 0.800. The summed E-state index contributed by atoms with van der Waals surface area (Å²) < 4.78 is 11.3. The van der Waals surface area contributed by atoms with Gasteiger partial charge in [-0.3, -0.25) is 0 Å². The minimum Gasteiger partial charge on any atom is -0.390 e. The van der Waals surface area contributed by atoms with Gasteiger partial charge >= 0.3 is 0 Å². The summed E-state index contributed by atoms with van der Waals surface area (Å²) in [5.41, 5.74) is 0. The van der Waals surface area contributed by atoms with E-state index < -0.39 is 12.8 Å². The predicted octanol–water partition coefficient (Wildman–Crippen LogP) is 1.12. The van der Waals surface area contributed by atoms with Crippen LogP contribution in [0.4, 0.5) is 4.39 Å². The van der Waals surface area contributed by atoms with Crippen LogP contribution in [0.25, 0.3) is 0 Å². The Hall–Kier alpha value is 1.15. The molecule has 1 unspecified atom stereocenters. The number of rotatable bonds is 3. The monoisotopic (exact) mass is 146 g/mol. The van der Waals surface area contributed by atoms with Crippen molar-refractivity contribution in [2.75, 3.05) is 6.67 Å². The summed E-state index contributed by atoms with van der Waals surface area (Å²) in [6.45, 7) is 1.31. The molecule has 0 saturated heterocycles. The van der Waals surface area contributed by atoms with Crippen molar-refractivity contribution in [2.45, 2.75) is 25.9 Å². The zero-order valence-electron chi connectivity index (χ0n) is 4.88. The first-order chi connectivity index (χ1) is 3.31. The first-order valence-electron chi connectivity index (χ1n) is 2.55. The fraction of sp³-hybridized carbons (Fsp3) is 1.00. The van der Waals surface area contributed by atoms with E-state index in [0.717, 1.165) is 6.42 Å². The summed E-state index contributed by atoms with van der Waals surface area (Å²) in [4.78, 5) is 0. The standard InChI is InChI=1S/C5H11FO.Ar/c1-2-3-5(7)4-6;/h5,7H,2-4H2,1H3;. The molecule has 0 spiro atoms. The van der Waals surface area contributed by atoms with Gasteiger partial charge in [0.15, 0.2) is 0 Å². The molecule has 0 aliphatic heterocycles. The van der Waals surface area contributed by atoms with Crippen LogP contribution in [-0.2, 0) is 0 Å². The van der Waals surface area contributed by atoms with E-state index in [0.29, 0.717) is 6.42 Å². The summed E-state index contributed by atoms with van der Waals surface area (Å²) in [6.07, 6.45) is 0.715. The molecule has 1 N–H and O–H groups in total. The number of hydrogen-bond donors (Lipinski definition) is 1. The number of aliphatic hydroxyl groups excluding tert-OH is 1. The van der Waals surface area contributed by atoms with Gasteiger partial charge in [0, 0.05) is 37.7 Å². The zero-order chi connectivity index (χ0) is 5.70. The van der Waals surface area contributed by atoms with E-state index in [2.05, 4.69) is 0 Å². The summed E-state index contributed by atoms with van der Waals surface area (Å²) in [5.74, 6) is 0. The fourth-order valence-corrected chi connectivity index (χ4v) is 0.410. The molecule has 0 aromatic rings. The van der Waals surface area contributed by atoms with Crippen molar-refractivity contribution < 1.29 is 47.2 Å². The van der Waals surface area contributed by atoms with E-state index in [1.165, 1.54) is 0 Å². The minimum atomic E-state index is -0.718. The van der Waals surface area contributed by atoms with Gasteiger partial charge < -0.3 is 5.11 Å². The van der Waals surface area contributed by atoms with E-state index >= 15 is 0 Å². The second kappa shape index (κ2) is 8.15. The molecule has 0 rings (SSSR count). The van der Waals surface area contributed by atoms with Gasteiger partial charge in [0.25, 0.3) is 0 Å². The first-order valence-corrected chi connectivity index (χ1v) is 2.55. The molecule has 3 heteroatoms. The Balaban J connectivity index is 0. The summed E-state index contributed by atoms with van der Waals surface area (Å²) in [6, 6.07) is 0. The number of alkyl halides is 1. The minimum absolute atomic E-state index is 0. The smallest absolute Gasteiger partial charge is 0.115 e. The molecule has 8 heavy (non-hydrogen) atoms. The normalized spacial score (nSPS) is 12.4. The Labute approximate surface area is 79.3 Å². The molecule has 0 bridgehead atoms. The van der Waals surface area contributed by atoms with Gasteiger partial charge in [0.1, 0.15) is 6.67 Å². The van der Waals surface area contributed by atoms with Crippen LogP contribution in [0.3, 0.4) is 0 Å². The maximum Gasteiger partial charge on any atom is 0.115 e. The van der Waals surface area contributed by atoms with Crippen LogP contribution >= 0.6 is 0 Å². The maximum atomic E-state index is 11.3. The van der Waals surface area contributed by atoms with Gasteiger partial charge in [0.05, 0.1) is 6.10 Å². The van der Waals surface area contributed by atoms with Crippen molar-refractivity contribution in [2.24, 2.45) is 0 Å². The molecular formula is C5H11ArFO. The molecule has 0 aromatic heterocycles. The maximum absolute atomic E-state index is 11.3. The Morgan fingerprint density at radius 2 is 2.12 bits per heavy atom. The Morgan fingerprint density at radius 3 is 2.25 bits per heavy atom. The molecule has 52 valence electrons. The van der Waals surface area contributed by atoms with Crippen LogP contribution in [-0.4, -0.2) is 17.9 Å². The SMILES string of the molecule is CCCC(O)CF.[Ar]. The third-order valence-electron chi connectivity index (χ3n) is 0.800. The topological polar surface area (TPSA) is 20.2 Å². The van der Waals surface area contributed by atoms with Crippen molar-refractivity contribution in [3.63, 3.8) is 0 Å². The van der Waals surface area contributed by atoms with Crippen LogP contribution < -0.4 is 0 Å². The van der Waals surface area contributed by atoms with Crippen LogP contribution in [0.1, 0.15) is 19.8 Å². The molecule has 0 radical (unpaired) electrons. The Morgan fingerprint density at radius 1 is 1.62 bits per heavy atom. The molecule has 0 aliphatic carbocycles. The second-order valence-electron chi connectivity index (χ2n) is 1.60. The van der Waals surface area contributed by atoms with E-state index in [1.54, 1.807) is 0 Å². The molecule has 0 aromatic carbocycles. The Kier molecular flexibility index (Phi) is 12.1.